The summed E-state index contributed by atoms with van der Waals surface area (Å²) in [6.45, 7) is 3.62. The summed E-state index contributed by atoms with van der Waals surface area (Å²) < 4.78 is 13.0. The fraction of sp³-hybridized carbons (Fsp3) is 0.421. The molecule has 1 unspecified atom stereocenters. The first-order valence-electron chi connectivity index (χ1n) is 8.59. The number of hydrogen-bond donors (Lipinski definition) is 1. The normalized spacial score (nSPS) is 14.9. The van der Waals surface area contributed by atoms with E-state index in [0.717, 1.165) is 23.4 Å². The van der Waals surface area contributed by atoms with Gasteiger partial charge in [0.2, 0.25) is 0 Å². The maximum atomic E-state index is 13.0. The van der Waals surface area contributed by atoms with E-state index in [-0.39, 0.29) is 24.3 Å². The second-order valence-corrected chi connectivity index (χ2v) is 7.84. The average Bonchev–Trinajstić information content (AvgIpc) is 3.37. The van der Waals surface area contributed by atoms with Gasteiger partial charge >= 0.3 is 5.97 Å². The lowest BCUT2D eigenvalue weighted by molar-refractivity contribution is -0.141. The monoisotopic (exact) mass is 376 g/mol. The molecule has 7 heteroatoms. The van der Waals surface area contributed by atoms with Crippen molar-refractivity contribution in [2.45, 2.75) is 39.2 Å². The Morgan fingerprint density at radius 1 is 1.35 bits per heavy atom. The Labute approximate surface area is 155 Å². The van der Waals surface area contributed by atoms with Crippen molar-refractivity contribution in [3.8, 4) is 0 Å². The van der Waals surface area contributed by atoms with Gasteiger partial charge in [0, 0.05) is 19.0 Å². The first-order valence-corrected chi connectivity index (χ1v) is 9.41. The Hall–Kier alpha value is -2.28. The van der Waals surface area contributed by atoms with Crippen LogP contribution in [0.15, 0.2) is 24.3 Å². The van der Waals surface area contributed by atoms with Gasteiger partial charge < -0.3 is 10.0 Å². The summed E-state index contributed by atoms with van der Waals surface area (Å²) in [6.07, 6.45) is 2.37. The third-order valence-corrected chi connectivity index (χ3v) is 5.59. The van der Waals surface area contributed by atoms with Gasteiger partial charge in [-0.25, -0.2) is 9.37 Å². The first-order chi connectivity index (χ1) is 12.3. The molecule has 1 aliphatic rings. The molecule has 138 valence electrons. The zero-order valence-corrected chi connectivity index (χ0v) is 15.6. The lowest BCUT2D eigenvalue weighted by atomic mass is 10.1. The zero-order chi connectivity index (χ0) is 18.8. The summed E-state index contributed by atoms with van der Waals surface area (Å²) in [7, 11) is 0. The van der Waals surface area contributed by atoms with Gasteiger partial charge in [0.1, 0.15) is 10.7 Å². The van der Waals surface area contributed by atoms with Crippen molar-refractivity contribution in [2.75, 3.05) is 6.54 Å². The van der Waals surface area contributed by atoms with Gasteiger partial charge in [-0.15, -0.1) is 11.3 Å². The van der Waals surface area contributed by atoms with Crippen LogP contribution in [0.3, 0.4) is 0 Å². The molecule has 1 atom stereocenters. The molecule has 1 aliphatic carbocycles. The number of carbonyl (C=O) groups is 2. The number of carbonyl (C=O) groups excluding carboxylic acids is 1. The number of halogens is 1. The molecule has 1 amide bonds. The van der Waals surface area contributed by atoms with Crippen LogP contribution in [0.4, 0.5) is 4.39 Å². The van der Waals surface area contributed by atoms with Gasteiger partial charge in [-0.3, -0.25) is 9.59 Å². The number of benzene rings is 1. The molecule has 0 bridgehead atoms. The van der Waals surface area contributed by atoms with E-state index in [9.17, 15) is 14.0 Å². The van der Waals surface area contributed by atoms with Crippen LogP contribution in [-0.2, 0) is 11.2 Å². The summed E-state index contributed by atoms with van der Waals surface area (Å²) in [4.78, 5) is 30.9. The maximum absolute atomic E-state index is 13.0. The second-order valence-electron chi connectivity index (χ2n) is 6.75. The molecule has 3 rings (SSSR count). The Balaban J connectivity index is 1.77. The highest BCUT2D eigenvalue weighted by Gasteiger charge is 2.36. The predicted octanol–water partition coefficient (Wildman–Crippen LogP) is 3.51. The number of amides is 1. The highest BCUT2D eigenvalue weighted by Crippen LogP contribution is 2.31. The molecule has 0 aliphatic heterocycles. The Kier molecular flexibility index (Phi) is 5.36. The van der Waals surface area contributed by atoms with Gasteiger partial charge in [-0.2, -0.15) is 0 Å². The molecule has 0 saturated heterocycles. The smallest absolute Gasteiger partial charge is 0.308 e. The van der Waals surface area contributed by atoms with E-state index >= 15 is 0 Å². The van der Waals surface area contributed by atoms with Gasteiger partial charge in [-0.1, -0.05) is 19.1 Å². The molecule has 1 heterocycles. The number of aliphatic carboxylic acids is 1. The standard InChI is InChI=1S/C19H21FN2O3S/c1-11(19(24)25)10-22(15-7-8-15)18(23)17-12(2)21-16(26-17)9-13-3-5-14(20)6-4-13/h3-6,11,15H,7-10H2,1-2H3,(H,24,25). The number of nitrogens with zero attached hydrogens (tertiary/aromatic N) is 2. The number of aromatic nitrogens is 1. The number of carboxylic acid groups (broad SMARTS) is 1. The lowest BCUT2D eigenvalue weighted by Gasteiger charge is -2.23. The molecule has 0 spiro atoms. The SMILES string of the molecule is Cc1nc(Cc2ccc(F)cc2)sc1C(=O)N(CC(C)C(=O)O)C1CC1. The summed E-state index contributed by atoms with van der Waals surface area (Å²) in [5.41, 5.74) is 1.59. The van der Waals surface area contributed by atoms with Gasteiger partial charge in [-0.05, 0) is 37.5 Å². The molecular formula is C19H21FN2O3S. The van der Waals surface area contributed by atoms with Crippen LogP contribution in [0.25, 0.3) is 0 Å². The minimum absolute atomic E-state index is 0.131. The highest BCUT2D eigenvalue weighted by molar-refractivity contribution is 7.13. The molecular weight excluding hydrogens is 355 g/mol. The average molecular weight is 376 g/mol. The van der Waals surface area contributed by atoms with Crippen LogP contribution < -0.4 is 0 Å². The van der Waals surface area contributed by atoms with E-state index in [1.54, 1.807) is 30.9 Å². The molecule has 2 aromatic rings. The van der Waals surface area contributed by atoms with E-state index in [1.807, 2.05) is 0 Å². The maximum Gasteiger partial charge on any atom is 0.308 e. The molecule has 5 nitrogen and oxygen atoms in total. The quantitative estimate of drug-likeness (QED) is 0.803. The van der Waals surface area contributed by atoms with E-state index in [4.69, 9.17) is 5.11 Å². The topological polar surface area (TPSA) is 70.5 Å². The largest absolute Gasteiger partial charge is 0.481 e. The number of aryl methyl sites for hydroxylation is 1. The van der Waals surface area contributed by atoms with Gasteiger partial charge in [0.25, 0.3) is 5.91 Å². The van der Waals surface area contributed by atoms with Crippen LogP contribution >= 0.6 is 11.3 Å². The van der Waals surface area contributed by atoms with Crippen LogP contribution in [0, 0.1) is 18.7 Å². The molecule has 1 aromatic carbocycles. The lowest BCUT2D eigenvalue weighted by Crippen LogP contribution is -2.38. The zero-order valence-electron chi connectivity index (χ0n) is 14.7. The first kappa shape index (κ1) is 18.5. The summed E-state index contributed by atoms with van der Waals surface area (Å²) in [6, 6.07) is 6.36. The van der Waals surface area contributed by atoms with Crippen LogP contribution in [-0.4, -0.2) is 39.5 Å². The minimum atomic E-state index is -0.901. The van der Waals surface area contributed by atoms with E-state index < -0.39 is 11.9 Å². The number of hydrogen-bond acceptors (Lipinski definition) is 4. The molecule has 0 radical (unpaired) electrons. The summed E-state index contributed by atoms with van der Waals surface area (Å²) in [5.74, 6) is -1.93. The van der Waals surface area contributed by atoms with Crippen molar-refractivity contribution in [1.82, 2.24) is 9.88 Å². The second kappa shape index (κ2) is 7.53. The number of thiazole rings is 1. The molecule has 1 saturated carbocycles. The predicted molar refractivity (Wildman–Crippen MR) is 96.9 cm³/mol. The van der Waals surface area contributed by atoms with E-state index in [1.165, 1.54) is 23.5 Å². The van der Waals surface area contributed by atoms with Gasteiger partial charge in [0.15, 0.2) is 0 Å². The van der Waals surface area contributed by atoms with Crippen LogP contribution in [0.5, 0.6) is 0 Å². The molecule has 26 heavy (non-hydrogen) atoms. The van der Waals surface area contributed by atoms with Crippen molar-refractivity contribution >= 4 is 23.2 Å². The minimum Gasteiger partial charge on any atom is -0.481 e. The molecule has 1 aromatic heterocycles. The highest BCUT2D eigenvalue weighted by atomic mass is 32.1. The fourth-order valence-electron chi connectivity index (χ4n) is 2.79. The van der Waals surface area contributed by atoms with Crippen molar-refractivity contribution in [3.63, 3.8) is 0 Å². The molecule has 1 fully saturated rings. The Morgan fingerprint density at radius 2 is 2.00 bits per heavy atom. The Bertz CT molecular complexity index is 815. The third kappa shape index (κ3) is 4.27. The summed E-state index contributed by atoms with van der Waals surface area (Å²) in [5, 5.41) is 9.94. The summed E-state index contributed by atoms with van der Waals surface area (Å²) >= 11 is 1.33. The van der Waals surface area contributed by atoms with E-state index in [2.05, 4.69) is 4.98 Å². The number of rotatable bonds is 7. The van der Waals surface area contributed by atoms with Crippen LogP contribution in [0.2, 0.25) is 0 Å². The molecule has 1 N–H and O–H groups in total. The van der Waals surface area contributed by atoms with Crippen molar-refractivity contribution in [2.24, 2.45) is 5.92 Å². The van der Waals surface area contributed by atoms with Crippen molar-refractivity contribution in [1.29, 1.82) is 0 Å². The number of carboxylic acids is 1. The fourth-order valence-corrected chi connectivity index (χ4v) is 3.85. The van der Waals surface area contributed by atoms with Crippen molar-refractivity contribution < 1.29 is 19.1 Å². The third-order valence-electron chi connectivity index (χ3n) is 4.44. The van der Waals surface area contributed by atoms with Crippen LogP contribution in [0.1, 0.15) is 45.7 Å². The Morgan fingerprint density at radius 3 is 2.58 bits per heavy atom. The van der Waals surface area contributed by atoms with Crippen molar-refractivity contribution in [3.05, 3.63) is 51.2 Å². The van der Waals surface area contributed by atoms with Gasteiger partial charge in [0.05, 0.1) is 16.6 Å². The van der Waals surface area contributed by atoms with E-state index in [0.29, 0.717) is 17.0 Å².